The molecule has 0 spiro atoms. The van der Waals surface area contributed by atoms with E-state index in [0.717, 1.165) is 12.1 Å². The highest BCUT2D eigenvalue weighted by Crippen LogP contribution is 2.36. The van der Waals surface area contributed by atoms with Gasteiger partial charge in [0.25, 0.3) is 17.4 Å². The Labute approximate surface area is 155 Å². The molecule has 7 nitrogen and oxygen atoms in total. The van der Waals surface area contributed by atoms with Crippen LogP contribution in [0.4, 0.5) is 5.69 Å². The molecule has 5 rings (SSSR count). The molecule has 2 bridgehead atoms. The number of ether oxygens (including phenoxy) is 1. The Hall–Kier alpha value is -3.09. The number of amides is 2. The highest BCUT2D eigenvalue weighted by atomic mass is 16.5. The average molecular weight is 365 g/mol. The van der Waals surface area contributed by atoms with Crippen LogP contribution in [0, 0.1) is 5.92 Å². The van der Waals surface area contributed by atoms with Gasteiger partial charge in [-0.2, -0.15) is 0 Å². The maximum absolute atomic E-state index is 13.1. The van der Waals surface area contributed by atoms with Gasteiger partial charge in [-0.05, 0) is 36.6 Å². The van der Waals surface area contributed by atoms with Crippen LogP contribution in [-0.4, -0.2) is 41.0 Å². The standard InChI is InChI=1S/C20H19N3O4/c24-18-11-27-17-5-4-13(7-15(17)21-18)20(26)22-8-12-6-14(10-22)16-2-1-3-19(25)23(16)9-12/h1-5,7,12,14H,6,8-11H2,(H,21,24). The summed E-state index contributed by atoms with van der Waals surface area (Å²) in [5, 5.41) is 2.74. The van der Waals surface area contributed by atoms with Gasteiger partial charge in [0.15, 0.2) is 6.61 Å². The van der Waals surface area contributed by atoms with Gasteiger partial charge in [0.05, 0.1) is 5.69 Å². The van der Waals surface area contributed by atoms with E-state index in [4.69, 9.17) is 4.74 Å². The minimum absolute atomic E-state index is 0.00540. The van der Waals surface area contributed by atoms with Gasteiger partial charge in [-0.3, -0.25) is 14.4 Å². The summed E-state index contributed by atoms with van der Waals surface area (Å²) >= 11 is 0. The lowest BCUT2D eigenvalue weighted by atomic mass is 9.83. The van der Waals surface area contributed by atoms with Crippen LogP contribution in [0.15, 0.2) is 41.2 Å². The molecule has 4 heterocycles. The van der Waals surface area contributed by atoms with E-state index >= 15 is 0 Å². The number of nitrogens with zero attached hydrogens (tertiary/aromatic N) is 2. The second-order valence-electron chi connectivity index (χ2n) is 7.46. The summed E-state index contributed by atoms with van der Waals surface area (Å²) in [6, 6.07) is 10.5. The van der Waals surface area contributed by atoms with E-state index in [1.54, 1.807) is 30.3 Å². The van der Waals surface area contributed by atoms with Crippen molar-refractivity contribution < 1.29 is 14.3 Å². The summed E-state index contributed by atoms with van der Waals surface area (Å²) in [6.45, 7) is 1.88. The average Bonchev–Trinajstić information content (AvgIpc) is 2.67. The number of hydrogen-bond donors (Lipinski definition) is 1. The quantitative estimate of drug-likeness (QED) is 0.829. The minimum atomic E-state index is -0.221. The SMILES string of the molecule is O=C1COc2ccc(C(=O)N3CC4CC(C3)c3cccc(=O)n3C4)cc2N1. The van der Waals surface area contributed by atoms with Crippen molar-refractivity contribution in [3.05, 3.63) is 58.0 Å². The number of piperidine rings is 1. The predicted octanol–water partition coefficient (Wildman–Crippen LogP) is 1.44. The van der Waals surface area contributed by atoms with Crippen molar-refractivity contribution in [3.8, 4) is 5.75 Å². The molecule has 1 fully saturated rings. The monoisotopic (exact) mass is 365 g/mol. The zero-order valence-corrected chi connectivity index (χ0v) is 14.7. The molecule has 2 atom stereocenters. The van der Waals surface area contributed by atoms with E-state index in [2.05, 4.69) is 5.32 Å². The molecular formula is C20H19N3O4. The first-order valence-corrected chi connectivity index (χ1v) is 9.14. The third kappa shape index (κ3) is 2.70. The van der Waals surface area contributed by atoms with Crippen LogP contribution in [0.25, 0.3) is 0 Å². The van der Waals surface area contributed by atoms with E-state index in [0.29, 0.717) is 36.6 Å². The minimum Gasteiger partial charge on any atom is -0.482 e. The first kappa shape index (κ1) is 16.1. The maximum atomic E-state index is 13.1. The Kier molecular flexibility index (Phi) is 3.56. The van der Waals surface area contributed by atoms with Crippen molar-refractivity contribution >= 4 is 17.5 Å². The van der Waals surface area contributed by atoms with Gasteiger partial charge in [0.1, 0.15) is 5.75 Å². The number of fused-ring (bicyclic) bond motifs is 5. The van der Waals surface area contributed by atoms with E-state index in [1.807, 2.05) is 15.5 Å². The van der Waals surface area contributed by atoms with Gasteiger partial charge in [0, 0.05) is 42.9 Å². The molecule has 0 aliphatic carbocycles. The van der Waals surface area contributed by atoms with Crippen LogP contribution in [-0.2, 0) is 11.3 Å². The number of likely N-dealkylation sites (tertiary alicyclic amines) is 1. The fraction of sp³-hybridized carbons (Fsp3) is 0.350. The van der Waals surface area contributed by atoms with E-state index in [9.17, 15) is 14.4 Å². The zero-order valence-electron chi connectivity index (χ0n) is 14.7. The highest BCUT2D eigenvalue weighted by Gasteiger charge is 2.36. The number of rotatable bonds is 1. The zero-order chi connectivity index (χ0) is 18.5. The smallest absolute Gasteiger partial charge is 0.262 e. The van der Waals surface area contributed by atoms with Crippen LogP contribution in [0.1, 0.15) is 28.4 Å². The van der Waals surface area contributed by atoms with Gasteiger partial charge in [-0.1, -0.05) is 6.07 Å². The molecule has 1 saturated heterocycles. The Morgan fingerprint density at radius 1 is 1.11 bits per heavy atom. The van der Waals surface area contributed by atoms with Crippen LogP contribution >= 0.6 is 0 Å². The summed E-state index contributed by atoms with van der Waals surface area (Å²) in [4.78, 5) is 38.6. The maximum Gasteiger partial charge on any atom is 0.262 e. The molecule has 3 aliphatic rings. The summed E-state index contributed by atoms with van der Waals surface area (Å²) in [7, 11) is 0. The number of carbonyl (C=O) groups is 2. The van der Waals surface area contributed by atoms with Gasteiger partial charge >= 0.3 is 0 Å². The van der Waals surface area contributed by atoms with Crippen molar-refractivity contribution in [2.45, 2.75) is 18.9 Å². The third-order valence-corrected chi connectivity index (χ3v) is 5.63. The third-order valence-electron chi connectivity index (χ3n) is 5.63. The first-order valence-electron chi connectivity index (χ1n) is 9.14. The lowest BCUT2D eigenvalue weighted by molar-refractivity contribution is -0.118. The van der Waals surface area contributed by atoms with Gasteiger partial charge < -0.3 is 19.5 Å². The fourth-order valence-corrected chi connectivity index (χ4v) is 4.46. The molecule has 138 valence electrons. The van der Waals surface area contributed by atoms with Crippen LogP contribution in [0.5, 0.6) is 5.75 Å². The molecule has 3 aliphatic heterocycles. The molecule has 27 heavy (non-hydrogen) atoms. The normalized spacial score (nSPS) is 23.0. The topological polar surface area (TPSA) is 80.6 Å². The van der Waals surface area contributed by atoms with Crippen molar-refractivity contribution in [1.82, 2.24) is 9.47 Å². The van der Waals surface area contributed by atoms with Crippen LogP contribution in [0.3, 0.4) is 0 Å². The van der Waals surface area contributed by atoms with Crippen LogP contribution in [0.2, 0.25) is 0 Å². The molecule has 1 aromatic carbocycles. The number of aromatic nitrogens is 1. The number of benzene rings is 1. The number of pyridine rings is 1. The number of anilines is 1. The highest BCUT2D eigenvalue weighted by molar-refractivity contribution is 5.99. The van der Waals surface area contributed by atoms with E-state index < -0.39 is 0 Å². The summed E-state index contributed by atoms with van der Waals surface area (Å²) < 4.78 is 7.21. The lowest BCUT2D eigenvalue weighted by Gasteiger charge is -2.42. The largest absolute Gasteiger partial charge is 0.482 e. The van der Waals surface area contributed by atoms with Gasteiger partial charge in [-0.15, -0.1) is 0 Å². The predicted molar refractivity (Wildman–Crippen MR) is 98.0 cm³/mol. The Balaban J connectivity index is 1.42. The van der Waals surface area contributed by atoms with E-state index in [1.165, 1.54) is 0 Å². The number of nitrogens with one attached hydrogen (secondary N) is 1. The number of hydrogen-bond acceptors (Lipinski definition) is 4. The van der Waals surface area contributed by atoms with Crippen molar-refractivity contribution in [1.29, 1.82) is 0 Å². The van der Waals surface area contributed by atoms with Gasteiger partial charge in [0.2, 0.25) is 0 Å². The Morgan fingerprint density at radius 2 is 2.00 bits per heavy atom. The van der Waals surface area contributed by atoms with Crippen molar-refractivity contribution in [2.24, 2.45) is 5.92 Å². The van der Waals surface area contributed by atoms with Crippen LogP contribution < -0.4 is 15.6 Å². The molecule has 1 aromatic heterocycles. The second-order valence-corrected chi connectivity index (χ2v) is 7.46. The molecule has 7 heteroatoms. The summed E-state index contributed by atoms with van der Waals surface area (Å²) in [5.41, 5.74) is 2.12. The molecule has 2 amide bonds. The Bertz CT molecular complexity index is 1010. The molecular weight excluding hydrogens is 346 g/mol. The van der Waals surface area contributed by atoms with E-state index in [-0.39, 0.29) is 35.8 Å². The second kappa shape index (κ2) is 5.97. The van der Waals surface area contributed by atoms with Gasteiger partial charge in [-0.25, -0.2) is 0 Å². The molecule has 1 N–H and O–H groups in total. The summed E-state index contributed by atoms with van der Waals surface area (Å²) in [5.74, 6) is 0.757. The van der Waals surface area contributed by atoms with Crippen molar-refractivity contribution in [3.63, 3.8) is 0 Å². The molecule has 0 saturated carbocycles. The molecule has 0 radical (unpaired) electrons. The Morgan fingerprint density at radius 3 is 2.89 bits per heavy atom. The first-order chi connectivity index (χ1) is 13.1. The van der Waals surface area contributed by atoms with Crippen molar-refractivity contribution in [2.75, 3.05) is 25.0 Å². The molecule has 2 aromatic rings. The fourth-order valence-electron chi connectivity index (χ4n) is 4.46. The number of carbonyl (C=O) groups excluding carboxylic acids is 2. The summed E-state index contributed by atoms with van der Waals surface area (Å²) in [6.07, 6.45) is 1.00. The molecule has 2 unspecified atom stereocenters. The lowest BCUT2D eigenvalue weighted by Crippen LogP contribution is -2.49.